The Morgan fingerprint density at radius 1 is 1.00 bits per heavy atom. The number of phenols is 1. The van der Waals surface area contributed by atoms with E-state index in [-0.39, 0.29) is 11.9 Å². The summed E-state index contributed by atoms with van der Waals surface area (Å²) in [7, 11) is 0. The predicted octanol–water partition coefficient (Wildman–Crippen LogP) is 2.44. The van der Waals surface area contributed by atoms with Gasteiger partial charge >= 0.3 is 0 Å². The van der Waals surface area contributed by atoms with Crippen molar-refractivity contribution in [1.29, 1.82) is 0 Å². The Labute approximate surface area is 118 Å². The first-order chi connectivity index (χ1) is 9.74. The van der Waals surface area contributed by atoms with Crippen LogP contribution in [0.4, 0.5) is 0 Å². The number of benzene rings is 2. The quantitative estimate of drug-likeness (QED) is 0.900. The number of aliphatic hydroxyl groups is 1. The minimum atomic E-state index is -0.570. The van der Waals surface area contributed by atoms with Gasteiger partial charge in [-0.3, -0.25) is 0 Å². The summed E-state index contributed by atoms with van der Waals surface area (Å²) in [5.74, 6) is 0.267. The number of ether oxygens (including phenoxy) is 1. The van der Waals surface area contributed by atoms with Gasteiger partial charge in [0, 0.05) is 12.8 Å². The lowest BCUT2D eigenvalue weighted by Crippen LogP contribution is -2.37. The van der Waals surface area contributed by atoms with Crippen molar-refractivity contribution in [2.75, 3.05) is 0 Å². The summed E-state index contributed by atoms with van der Waals surface area (Å²) in [6.45, 7) is 0.497. The van der Waals surface area contributed by atoms with Crippen LogP contribution in [0.25, 0.3) is 0 Å². The fraction of sp³-hybridized carbons (Fsp3) is 0.294. The molecule has 2 aromatic carbocycles. The molecule has 1 aliphatic rings. The van der Waals surface area contributed by atoms with Crippen molar-refractivity contribution in [2.45, 2.75) is 31.7 Å². The van der Waals surface area contributed by atoms with E-state index in [0.717, 1.165) is 16.7 Å². The van der Waals surface area contributed by atoms with Gasteiger partial charge in [-0.05, 0) is 22.8 Å². The Balaban J connectivity index is 1.70. The molecule has 2 N–H and O–H groups in total. The molecule has 0 aliphatic heterocycles. The molecule has 0 spiro atoms. The largest absolute Gasteiger partial charge is 0.508 e. The van der Waals surface area contributed by atoms with Gasteiger partial charge in [0.15, 0.2) is 0 Å². The lowest BCUT2D eigenvalue weighted by Gasteiger charge is -2.30. The molecule has 2 aromatic rings. The van der Waals surface area contributed by atoms with Crippen molar-refractivity contribution in [2.24, 2.45) is 0 Å². The third kappa shape index (κ3) is 2.69. The highest BCUT2D eigenvalue weighted by atomic mass is 16.5. The van der Waals surface area contributed by atoms with Crippen LogP contribution in [0.1, 0.15) is 16.7 Å². The summed E-state index contributed by atoms with van der Waals surface area (Å²) >= 11 is 0. The van der Waals surface area contributed by atoms with Crippen LogP contribution in [0.2, 0.25) is 0 Å². The highest BCUT2D eigenvalue weighted by Gasteiger charge is 2.29. The van der Waals surface area contributed by atoms with E-state index in [9.17, 15) is 10.2 Å². The number of aromatic hydroxyl groups is 1. The van der Waals surface area contributed by atoms with Gasteiger partial charge in [-0.15, -0.1) is 0 Å². The van der Waals surface area contributed by atoms with Crippen LogP contribution in [-0.2, 0) is 24.2 Å². The topological polar surface area (TPSA) is 49.7 Å². The molecule has 0 bridgehead atoms. The maximum Gasteiger partial charge on any atom is 0.119 e. The number of fused-ring (bicyclic) bond motifs is 1. The maximum absolute atomic E-state index is 10.2. The molecule has 3 rings (SSSR count). The van der Waals surface area contributed by atoms with Crippen LogP contribution in [0.5, 0.6) is 5.75 Å². The average molecular weight is 270 g/mol. The number of phenolic OH excluding ortho intramolecular Hbond substituents is 1. The third-order valence-corrected chi connectivity index (χ3v) is 3.82. The van der Waals surface area contributed by atoms with Gasteiger partial charge in [0.2, 0.25) is 0 Å². The molecule has 1 aliphatic carbocycles. The van der Waals surface area contributed by atoms with E-state index >= 15 is 0 Å². The van der Waals surface area contributed by atoms with Gasteiger partial charge in [-0.2, -0.15) is 0 Å². The number of aliphatic hydroxyl groups excluding tert-OH is 1. The van der Waals surface area contributed by atoms with Crippen LogP contribution in [0.15, 0.2) is 48.5 Å². The van der Waals surface area contributed by atoms with E-state index in [0.29, 0.717) is 19.4 Å². The number of rotatable bonds is 3. The summed E-state index contributed by atoms with van der Waals surface area (Å²) in [5, 5.41) is 20.0. The summed E-state index contributed by atoms with van der Waals surface area (Å²) in [6, 6.07) is 15.4. The first-order valence-electron chi connectivity index (χ1n) is 6.87. The highest BCUT2D eigenvalue weighted by Crippen LogP contribution is 2.30. The zero-order valence-electron chi connectivity index (χ0n) is 11.2. The predicted molar refractivity (Wildman–Crippen MR) is 76.5 cm³/mol. The lowest BCUT2D eigenvalue weighted by molar-refractivity contribution is -0.0496. The molecule has 0 aromatic heterocycles. The molecule has 0 radical (unpaired) electrons. The van der Waals surface area contributed by atoms with Gasteiger partial charge < -0.3 is 14.9 Å². The van der Waals surface area contributed by atoms with Crippen molar-refractivity contribution >= 4 is 0 Å². The van der Waals surface area contributed by atoms with E-state index in [1.807, 2.05) is 42.5 Å². The Kier molecular flexibility index (Phi) is 3.72. The number of hydrogen-bond donors (Lipinski definition) is 2. The van der Waals surface area contributed by atoms with Crippen molar-refractivity contribution in [1.82, 2.24) is 0 Å². The molecule has 0 unspecified atom stereocenters. The molecular weight excluding hydrogens is 252 g/mol. The summed E-state index contributed by atoms with van der Waals surface area (Å²) in [5.41, 5.74) is 3.01. The first kappa shape index (κ1) is 13.2. The molecule has 0 fully saturated rings. The molecule has 20 heavy (non-hydrogen) atoms. The standard InChI is InChI=1S/C17H18O3/c18-15-8-4-7-13-9-17(16(19)10-14(13)15)20-11-12-5-2-1-3-6-12/h1-8,16-19H,9-11H2/t16-,17+/m1/s1. The minimum Gasteiger partial charge on any atom is -0.508 e. The van der Waals surface area contributed by atoms with Gasteiger partial charge in [0.25, 0.3) is 0 Å². The van der Waals surface area contributed by atoms with Crippen LogP contribution in [-0.4, -0.2) is 22.4 Å². The van der Waals surface area contributed by atoms with Crippen molar-refractivity contribution in [3.05, 3.63) is 65.2 Å². The van der Waals surface area contributed by atoms with E-state index in [1.165, 1.54) is 0 Å². The van der Waals surface area contributed by atoms with Crippen LogP contribution < -0.4 is 0 Å². The molecule has 0 heterocycles. The van der Waals surface area contributed by atoms with Crippen LogP contribution in [0, 0.1) is 0 Å². The molecule has 0 saturated carbocycles. The van der Waals surface area contributed by atoms with Gasteiger partial charge in [0.05, 0.1) is 18.8 Å². The molecule has 3 nitrogen and oxygen atoms in total. The molecule has 104 valence electrons. The Morgan fingerprint density at radius 3 is 2.60 bits per heavy atom. The molecule has 2 atom stereocenters. The minimum absolute atomic E-state index is 0.218. The fourth-order valence-corrected chi connectivity index (χ4v) is 2.69. The second kappa shape index (κ2) is 5.65. The van der Waals surface area contributed by atoms with Crippen molar-refractivity contribution in [3.63, 3.8) is 0 Å². The molecule has 0 amide bonds. The summed E-state index contributed by atoms with van der Waals surface area (Å²) in [4.78, 5) is 0. The maximum atomic E-state index is 10.2. The normalized spacial score (nSPS) is 21.4. The van der Waals surface area contributed by atoms with E-state index in [4.69, 9.17) is 4.74 Å². The SMILES string of the molecule is Oc1cccc2c1C[C@@H](O)[C@@H](OCc1ccccc1)C2. The van der Waals surface area contributed by atoms with Crippen molar-refractivity contribution < 1.29 is 14.9 Å². The first-order valence-corrected chi connectivity index (χ1v) is 6.87. The second-order valence-corrected chi connectivity index (χ2v) is 5.23. The lowest BCUT2D eigenvalue weighted by atomic mass is 9.87. The molecule has 3 heteroatoms. The second-order valence-electron chi connectivity index (χ2n) is 5.23. The van der Waals surface area contributed by atoms with Gasteiger partial charge in [-0.25, -0.2) is 0 Å². The smallest absolute Gasteiger partial charge is 0.119 e. The monoisotopic (exact) mass is 270 g/mol. The zero-order valence-corrected chi connectivity index (χ0v) is 11.2. The highest BCUT2D eigenvalue weighted by molar-refractivity contribution is 5.42. The Morgan fingerprint density at radius 2 is 1.80 bits per heavy atom. The number of hydrogen-bond acceptors (Lipinski definition) is 3. The summed E-state index contributed by atoms with van der Waals surface area (Å²) in [6.07, 6.45) is 0.295. The Bertz CT molecular complexity index is 580. The van der Waals surface area contributed by atoms with Gasteiger partial charge in [0.1, 0.15) is 5.75 Å². The summed E-state index contributed by atoms with van der Waals surface area (Å²) < 4.78 is 5.85. The van der Waals surface area contributed by atoms with E-state index in [1.54, 1.807) is 6.07 Å². The van der Waals surface area contributed by atoms with Crippen molar-refractivity contribution in [3.8, 4) is 5.75 Å². The van der Waals surface area contributed by atoms with Crippen LogP contribution in [0.3, 0.4) is 0 Å². The van der Waals surface area contributed by atoms with E-state index < -0.39 is 6.10 Å². The molecular formula is C17H18O3. The van der Waals surface area contributed by atoms with E-state index in [2.05, 4.69) is 0 Å². The van der Waals surface area contributed by atoms with Gasteiger partial charge in [-0.1, -0.05) is 42.5 Å². The third-order valence-electron chi connectivity index (χ3n) is 3.82. The molecule has 0 saturated heterocycles. The average Bonchev–Trinajstić information content (AvgIpc) is 2.47. The zero-order chi connectivity index (χ0) is 13.9. The fourth-order valence-electron chi connectivity index (χ4n) is 2.69. The Hall–Kier alpha value is -1.84. The van der Waals surface area contributed by atoms with Crippen LogP contribution >= 0.6 is 0 Å².